The fourth-order valence-electron chi connectivity index (χ4n) is 4.08. The Balaban J connectivity index is 1.69. The Bertz CT molecular complexity index is 1450. The van der Waals surface area contributed by atoms with Crippen molar-refractivity contribution in [1.82, 2.24) is 14.9 Å². The van der Waals surface area contributed by atoms with Gasteiger partial charge in [0.25, 0.3) is 5.91 Å². The Morgan fingerprint density at radius 1 is 0.900 bits per heavy atom. The minimum Gasteiger partial charge on any atom is -0.497 e. The van der Waals surface area contributed by atoms with Crippen molar-refractivity contribution in [3.63, 3.8) is 0 Å². The molecule has 1 N–H and O–H groups in total. The van der Waals surface area contributed by atoms with Crippen LogP contribution in [0.25, 0.3) is 0 Å². The third-order valence-electron chi connectivity index (χ3n) is 5.98. The second-order valence-electron chi connectivity index (χ2n) is 9.04. The number of amides is 2. The van der Waals surface area contributed by atoms with Crippen LogP contribution in [0, 0.1) is 25.5 Å². The van der Waals surface area contributed by atoms with Crippen LogP contribution in [-0.4, -0.2) is 39.5 Å². The standard InChI is InChI=1S/C30H28F2N4O3S/c1-19-16-20(2)34-30(33-19)40-18-27(37)36(17-21-4-8-23(31)9-5-21)28(22-6-10-24(32)11-7-22)29(38)35-25-12-14-26(39-3)15-13-25/h4-16,28H,17-18H2,1-3H3,(H,35,38)/t28-/m0/s1. The molecule has 0 bridgehead atoms. The number of benzene rings is 3. The van der Waals surface area contributed by atoms with Gasteiger partial charge in [-0.05, 0) is 79.6 Å². The number of carbonyl (C=O) groups is 2. The third kappa shape index (κ3) is 7.63. The molecule has 7 nitrogen and oxygen atoms in total. The molecule has 0 saturated carbocycles. The van der Waals surface area contributed by atoms with Crippen molar-refractivity contribution in [2.24, 2.45) is 0 Å². The fourth-order valence-corrected chi connectivity index (χ4v) is 4.92. The van der Waals surface area contributed by atoms with Crippen LogP contribution < -0.4 is 10.1 Å². The van der Waals surface area contributed by atoms with E-state index in [1.54, 1.807) is 36.4 Å². The molecule has 1 aromatic heterocycles. The van der Waals surface area contributed by atoms with Gasteiger partial charge < -0.3 is 15.0 Å². The summed E-state index contributed by atoms with van der Waals surface area (Å²) in [4.78, 5) is 37.7. The summed E-state index contributed by atoms with van der Waals surface area (Å²) >= 11 is 1.15. The number of hydrogen-bond donors (Lipinski definition) is 1. The molecule has 10 heteroatoms. The maximum atomic E-state index is 13.8. The van der Waals surface area contributed by atoms with E-state index in [0.717, 1.165) is 23.1 Å². The van der Waals surface area contributed by atoms with Gasteiger partial charge in [0.05, 0.1) is 12.9 Å². The molecule has 4 rings (SSSR count). The van der Waals surface area contributed by atoms with Crippen LogP contribution in [0.4, 0.5) is 14.5 Å². The number of aromatic nitrogens is 2. The number of thioether (sulfide) groups is 1. The topological polar surface area (TPSA) is 84.4 Å². The zero-order valence-electron chi connectivity index (χ0n) is 22.2. The summed E-state index contributed by atoms with van der Waals surface area (Å²) < 4.78 is 32.7. The Kier molecular flexibility index (Phi) is 9.44. The molecule has 206 valence electrons. The molecule has 4 aromatic rings. The number of anilines is 1. The SMILES string of the molecule is COc1ccc(NC(=O)[C@H](c2ccc(F)cc2)N(Cc2ccc(F)cc2)C(=O)CSc2nc(C)cc(C)n2)cc1. The maximum Gasteiger partial charge on any atom is 0.251 e. The largest absolute Gasteiger partial charge is 0.497 e. The molecule has 2 amide bonds. The lowest BCUT2D eigenvalue weighted by molar-refractivity contribution is -0.137. The number of nitrogens with one attached hydrogen (secondary N) is 1. The molecule has 3 aromatic carbocycles. The Labute approximate surface area is 235 Å². The molecule has 0 radical (unpaired) electrons. The van der Waals surface area contributed by atoms with Gasteiger partial charge in [0.15, 0.2) is 5.16 Å². The summed E-state index contributed by atoms with van der Waals surface area (Å²) in [5, 5.41) is 3.29. The van der Waals surface area contributed by atoms with Crippen molar-refractivity contribution < 1.29 is 23.1 Å². The minimum absolute atomic E-state index is 0.00541. The predicted octanol–water partition coefficient (Wildman–Crippen LogP) is 5.88. The van der Waals surface area contributed by atoms with E-state index >= 15 is 0 Å². The van der Waals surface area contributed by atoms with E-state index in [2.05, 4.69) is 15.3 Å². The number of aryl methyl sites for hydroxylation is 2. The van der Waals surface area contributed by atoms with Gasteiger partial charge in [-0.1, -0.05) is 36.0 Å². The Hall–Kier alpha value is -4.31. The van der Waals surface area contributed by atoms with E-state index in [1.165, 1.54) is 48.4 Å². The highest BCUT2D eigenvalue weighted by Gasteiger charge is 2.32. The number of carbonyl (C=O) groups excluding carboxylic acids is 2. The highest BCUT2D eigenvalue weighted by molar-refractivity contribution is 7.99. The monoisotopic (exact) mass is 562 g/mol. The molecular weight excluding hydrogens is 534 g/mol. The summed E-state index contributed by atoms with van der Waals surface area (Å²) in [6.07, 6.45) is 0. The summed E-state index contributed by atoms with van der Waals surface area (Å²) in [6, 6.07) is 18.6. The van der Waals surface area contributed by atoms with Crippen LogP contribution in [0.1, 0.15) is 28.6 Å². The quantitative estimate of drug-likeness (QED) is 0.192. The molecule has 0 unspecified atom stereocenters. The third-order valence-corrected chi connectivity index (χ3v) is 6.81. The molecule has 0 fully saturated rings. The molecule has 1 heterocycles. The molecule has 0 aliphatic carbocycles. The van der Waals surface area contributed by atoms with Crippen molar-refractivity contribution in [1.29, 1.82) is 0 Å². The van der Waals surface area contributed by atoms with Crippen molar-refractivity contribution in [3.8, 4) is 5.75 Å². The van der Waals surface area contributed by atoms with Gasteiger partial charge in [-0.2, -0.15) is 0 Å². The number of rotatable bonds is 10. The van der Waals surface area contributed by atoms with Crippen molar-refractivity contribution in [2.75, 3.05) is 18.2 Å². The molecule has 1 atom stereocenters. The normalized spacial score (nSPS) is 11.5. The molecule has 0 saturated heterocycles. The van der Waals surface area contributed by atoms with E-state index in [1.807, 2.05) is 19.9 Å². The van der Waals surface area contributed by atoms with Crippen molar-refractivity contribution in [3.05, 3.63) is 113 Å². The summed E-state index contributed by atoms with van der Waals surface area (Å²) in [5.41, 5.74) is 3.06. The fraction of sp³-hybridized carbons (Fsp3) is 0.200. The van der Waals surface area contributed by atoms with Crippen LogP contribution in [0.15, 0.2) is 84.0 Å². The molecule has 0 aliphatic heterocycles. The number of ether oxygens (including phenoxy) is 1. The van der Waals surface area contributed by atoms with Gasteiger partial charge in [0.1, 0.15) is 23.4 Å². The number of hydrogen-bond acceptors (Lipinski definition) is 6. The van der Waals surface area contributed by atoms with Crippen LogP contribution in [-0.2, 0) is 16.1 Å². The maximum absolute atomic E-state index is 13.8. The first-order valence-electron chi connectivity index (χ1n) is 12.4. The molecule has 0 aliphatic rings. The average Bonchev–Trinajstić information content (AvgIpc) is 2.93. The Morgan fingerprint density at radius 3 is 2.05 bits per heavy atom. The summed E-state index contributed by atoms with van der Waals surface area (Å²) in [6.45, 7) is 3.69. The summed E-state index contributed by atoms with van der Waals surface area (Å²) in [7, 11) is 1.54. The van der Waals surface area contributed by atoms with Crippen LogP contribution in [0.5, 0.6) is 5.75 Å². The zero-order chi connectivity index (χ0) is 28.6. The first-order chi connectivity index (χ1) is 19.2. The lowest BCUT2D eigenvalue weighted by Gasteiger charge is -2.31. The number of halogens is 2. The van der Waals surface area contributed by atoms with E-state index in [4.69, 9.17) is 4.74 Å². The van der Waals surface area contributed by atoms with Crippen LogP contribution in [0.2, 0.25) is 0 Å². The number of nitrogens with zero attached hydrogens (tertiary/aromatic N) is 3. The van der Waals surface area contributed by atoms with E-state index < -0.39 is 23.6 Å². The van der Waals surface area contributed by atoms with Gasteiger partial charge >= 0.3 is 0 Å². The second kappa shape index (κ2) is 13.2. The van der Waals surface area contributed by atoms with Gasteiger partial charge in [0, 0.05) is 23.6 Å². The first kappa shape index (κ1) is 28.7. The second-order valence-corrected chi connectivity index (χ2v) is 9.98. The minimum atomic E-state index is -1.12. The summed E-state index contributed by atoms with van der Waals surface area (Å²) in [5.74, 6) is -1.21. The van der Waals surface area contributed by atoms with Gasteiger partial charge in [-0.25, -0.2) is 18.7 Å². The highest BCUT2D eigenvalue weighted by atomic mass is 32.2. The van der Waals surface area contributed by atoms with Crippen LogP contribution in [0.3, 0.4) is 0 Å². The lowest BCUT2D eigenvalue weighted by Crippen LogP contribution is -2.41. The molecular formula is C30H28F2N4O3S. The van der Waals surface area contributed by atoms with E-state index in [9.17, 15) is 18.4 Å². The number of methoxy groups -OCH3 is 1. The van der Waals surface area contributed by atoms with Gasteiger partial charge in [-0.3, -0.25) is 9.59 Å². The molecule has 0 spiro atoms. The van der Waals surface area contributed by atoms with Crippen molar-refractivity contribution in [2.45, 2.75) is 31.6 Å². The highest BCUT2D eigenvalue weighted by Crippen LogP contribution is 2.28. The average molecular weight is 563 g/mol. The first-order valence-corrected chi connectivity index (χ1v) is 13.4. The van der Waals surface area contributed by atoms with Gasteiger partial charge in [0.2, 0.25) is 5.91 Å². The predicted molar refractivity (Wildman–Crippen MR) is 150 cm³/mol. The van der Waals surface area contributed by atoms with Crippen molar-refractivity contribution >= 4 is 29.3 Å². The lowest BCUT2D eigenvalue weighted by atomic mass is 10.0. The smallest absolute Gasteiger partial charge is 0.251 e. The Morgan fingerprint density at radius 2 is 1.48 bits per heavy atom. The zero-order valence-corrected chi connectivity index (χ0v) is 23.0. The van der Waals surface area contributed by atoms with Gasteiger partial charge in [-0.15, -0.1) is 0 Å². The molecule has 40 heavy (non-hydrogen) atoms. The van der Waals surface area contributed by atoms with Crippen LogP contribution >= 0.6 is 11.8 Å². The van der Waals surface area contributed by atoms with E-state index in [-0.39, 0.29) is 18.2 Å². The van der Waals surface area contributed by atoms with E-state index in [0.29, 0.717) is 27.7 Å².